The zero-order valence-corrected chi connectivity index (χ0v) is 17.8. The SMILES string of the molecule is O=C1CCC(N2Cc3cccc(CNc4cnccc4N4CCNCC4)c3C2=O)C(=O)N1. The molecule has 1 aromatic carbocycles. The van der Waals surface area contributed by atoms with Gasteiger partial charge in [-0.3, -0.25) is 24.7 Å². The number of pyridine rings is 1. The number of piperazine rings is 1. The number of aromatic nitrogens is 1. The van der Waals surface area contributed by atoms with Crippen LogP contribution in [-0.2, 0) is 22.7 Å². The van der Waals surface area contributed by atoms with Crippen LogP contribution in [0.25, 0.3) is 0 Å². The Morgan fingerprint density at radius 2 is 1.97 bits per heavy atom. The molecule has 0 aliphatic carbocycles. The van der Waals surface area contributed by atoms with Crippen molar-refractivity contribution in [2.75, 3.05) is 36.4 Å². The second-order valence-electron chi connectivity index (χ2n) is 8.33. The first-order chi connectivity index (χ1) is 15.6. The molecule has 3 aliphatic rings. The highest BCUT2D eigenvalue weighted by atomic mass is 16.2. The molecule has 3 N–H and O–H groups in total. The van der Waals surface area contributed by atoms with E-state index < -0.39 is 11.9 Å². The predicted octanol–water partition coefficient (Wildman–Crippen LogP) is 0.864. The number of anilines is 2. The average molecular weight is 435 g/mol. The molecule has 3 amide bonds. The van der Waals surface area contributed by atoms with E-state index in [4.69, 9.17) is 0 Å². The molecule has 0 saturated carbocycles. The molecule has 4 heterocycles. The normalized spacial score (nSPS) is 20.9. The number of nitrogens with one attached hydrogen (secondary N) is 3. The average Bonchev–Trinajstić information content (AvgIpc) is 3.15. The Kier molecular flexibility index (Phi) is 5.48. The topological polar surface area (TPSA) is 107 Å². The van der Waals surface area contributed by atoms with E-state index in [1.807, 2.05) is 30.5 Å². The molecule has 2 saturated heterocycles. The zero-order valence-electron chi connectivity index (χ0n) is 17.8. The fourth-order valence-corrected chi connectivity index (χ4v) is 4.73. The third-order valence-corrected chi connectivity index (χ3v) is 6.36. The van der Waals surface area contributed by atoms with E-state index in [1.165, 1.54) is 0 Å². The lowest BCUT2D eigenvalue weighted by molar-refractivity contribution is -0.136. The van der Waals surface area contributed by atoms with Crippen molar-refractivity contribution in [1.29, 1.82) is 0 Å². The van der Waals surface area contributed by atoms with Crippen molar-refractivity contribution in [3.05, 3.63) is 53.3 Å². The highest BCUT2D eigenvalue weighted by Crippen LogP contribution is 2.31. The van der Waals surface area contributed by atoms with Gasteiger partial charge in [0.1, 0.15) is 6.04 Å². The highest BCUT2D eigenvalue weighted by Gasteiger charge is 2.39. The van der Waals surface area contributed by atoms with E-state index in [-0.39, 0.29) is 18.2 Å². The Bertz CT molecular complexity index is 1070. The number of carbonyl (C=O) groups excluding carboxylic acids is 3. The second-order valence-corrected chi connectivity index (χ2v) is 8.33. The monoisotopic (exact) mass is 434 g/mol. The molecule has 1 aromatic heterocycles. The number of imide groups is 1. The van der Waals surface area contributed by atoms with Crippen molar-refractivity contribution in [1.82, 2.24) is 20.5 Å². The van der Waals surface area contributed by atoms with Gasteiger partial charge in [-0.25, -0.2) is 0 Å². The lowest BCUT2D eigenvalue weighted by Crippen LogP contribution is -2.52. The maximum Gasteiger partial charge on any atom is 0.255 e. The molecule has 3 aliphatic heterocycles. The summed E-state index contributed by atoms with van der Waals surface area (Å²) in [6, 6.07) is 7.22. The highest BCUT2D eigenvalue weighted by molar-refractivity contribution is 6.06. The van der Waals surface area contributed by atoms with Gasteiger partial charge in [0.25, 0.3) is 5.91 Å². The first kappa shape index (κ1) is 20.4. The minimum atomic E-state index is -0.606. The predicted molar refractivity (Wildman–Crippen MR) is 119 cm³/mol. The van der Waals surface area contributed by atoms with Crippen LogP contribution in [0.2, 0.25) is 0 Å². The Morgan fingerprint density at radius 3 is 2.78 bits per heavy atom. The van der Waals surface area contributed by atoms with E-state index in [2.05, 4.69) is 25.8 Å². The van der Waals surface area contributed by atoms with Crippen LogP contribution in [0, 0.1) is 0 Å². The molecule has 0 radical (unpaired) electrons. The summed E-state index contributed by atoms with van der Waals surface area (Å²) in [5, 5.41) is 9.18. The second kappa shape index (κ2) is 8.58. The van der Waals surface area contributed by atoms with Gasteiger partial charge in [-0.05, 0) is 23.6 Å². The first-order valence-electron chi connectivity index (χ1n) is 11.0. The van der Waals surface area contributed by atoms with Crippen molar-refractivity contribution in [2.45, 2.75) is 32.0 Å². The van der Waals surface area contributed by atoms with Crippen molar-refractivity contribution in [2.24, 2.45) is 0 Å². The van der Waals surface area contributed by atoms with Crippen LogP contribution in [0.15, 0.2) is 36.7 Å². The number of fused-ring (bicyclic) bond motifs is 1. The summed E-state index contributed by atoms with van der Waals surface area (Å²) in [6.45, 7) is 4.60. The summed E-state index contributed by atoms with van der Waals surface area (Å²) in [6.07, 6.45) is 4.23. The Morgan fingerprint density at radius 1 is 1.12 bits per heavy atom. The number of hydrogen-bond acceptors (Lipinski definition) is 7. The number of benzene rings is 1. The van der Waals surface area contributed by atoms with Gasteiger partial charge in [0.2, 0.25) is 11.8 Å². The van der Waals surface area contributed by atoms with E-state index >= 15 is 0 Å². The van der Waals surface area contributed by atoms with Crippen LogP contribution in [0.4, 0.5) is 11.4 Å². The van der Waals surface area contributed by atoms with Crippen LogP contribution in [-0.4, -0.2) is 59.8 Å². The Hall–Kier alpha value is -3.46. The molecule has 2 aromatic rings. The summed E-state index contributed by atoms with van der Waals surface area (Å²) in [4.78, 5) is 45.3. The molecular weight excluding hydrogens is 408 g/mol. The van der Waals surface area contributed by atoms with Crippen molar-refractivity contribution in [3.63, 3.8) is 0 Å². The number of hydrogen-bond donors (Lipinski definition) is 3. The summed E-state index contributed by atoms with van der Waals surface area (Å²) >= 11 is 0. The summed E-state index contributed by atoms with van der Waals surface area (Å²) in [7, 11) is 0. The van der Waals surface area contributed by atoms with E-state index in [0.29, 0.717) is 25.1 Å². The minimum absolute atomic E-state index is 0.152. The molecule has 1 atom stereocenters. The fourth-order valence-electron chi connectivity index (χ4n) is 4.73. The largest absolute Gasteiger partial charge is 0.378 e. The van der Waals surface area contributed by atoms with E-state index in [1.54, 1.807) is 11.1 Å². The third kappa shape index (κ3) is 3.80. The molecule has 0 bridgehead atoms. The lowest BCUT2D eigenvalue weighted by Gasteiger charge is -2.31. The number of piperidine rings is 1. The van der Waals surface area contributed by atoms with E-state index in [9.17, 15) is 14.4 Å². The third-order valence-electron chi connectivity index (χ3n) is 6.36. The Labute approximate surface area is 186 Å². The number of rotatable bonds is 5. The van der Waals surface area contributed by atoms with Crippen LogP contribution in [0.5, 0.6) is 0 Å². The molecular formula is C23H26N6O3. The molecule has 9 heteroatoms. The molecule has 166 valence electrons. The summed E-state index contributed by atoms with van der Waals surface area (Å²) < 4.78 is 0. The Balaban J connectivity index is 1.34. The van der Waals surface area contributed by atoms with Gasteiger partial charge in [-0.1, -0.05) is 18.2 Å². The lowest BCUT2D eigenvalue weighted by atomic mass is 10.0. The quantitative estimate of drug-likeness (QED) is 0.600. The molecule has 5 rings (SSSR count). The van der Waals surface area contributed by atoms with Crippen molar-refractivity contribution >= 4 is 29.1 Å². The minimum Gasteiger partial charge on any atom is -0.378 e. The maximum absolute atomic E-state index is 13.3. The standard InChI is InChI=1S/C23H26N6O3/c30-20-5-4-19(22(31)27-20)29-14-16-3-1-2-15(21(16)23(29)32)12-26-17-13-25-7-6-18(17)28-10-8-24-9-11-28/h1-3,6-7,13,19,24,26H,4-5,8-12,14H2,(H,27,30,31). The van der Waals surface area contributed by atoms with Crippen LogP contribution in [0.3, 0.4) is 0 Å². The van der Waals surface area contributed by atoms with Crippen LogP contribution in [0.1, 0.15) is 34.3 Å². The van der Waals surface area contributed by atoms with Crippen molar-refractivity contribution < 1.29 is 14.4 Å². The van der Waals surface area contributed by atoms with Crippen LogP contribution < -0.4 is 20.9 Å². The van der Waals surface area contributed by atoms with Gasteiger partial charge < -0.3 is 20.4 Å². The van der Waals surface area contributed by atoms with Gasteiger partial charge >= 0.3 is 0 Å². The van der Waals surface area contributed by atoms with Gasteiger partial charge in [0, 0.05) is 57.4 Å². The summed E-state index contributed by atoms with van der Waals surface area (Å²) in [5.74, 6) is -0.824. The molecule has 0 spiro atoms. The van der Waals surface area contributed by atoms with Gasteiger partial charge in [-0.2, -0.15) is 0 Å². The molecule has 32 heavy (non-hydrogen) atoms. The number of nitrogens with zero attached hydrogens (tertiary/aromatic N) is 3. The molecule has 2 fully saturated rings. The smallest absolute Gasteiger partial charge is 0.255 e. The summed E-state index contributed by atoms with van der Waals surface area (Å²) in [5.41, 5.74) is 4.48. The van der Waals surface area contributed by atoms with Crippen LogP contribution >= 0.6 is 0 Å². The van der Waals surface area contributed by atoms with Gasteiger partial charge in [-0.15, -0.1) is 0 Å². The number of amides is 3. The fraction of sp³-hybridized carbons (Fsp3) is 0.391. The maximum atomic E-state index is 13.3. The van der Waals surface area contributed by atoms with Crippen molar-refractivity contribution in [3.8, 4) is 0 Å². The number of carbonyl (C=O) groups is 3. The van der Waals surface area contributed by atoms with E-state index in [0.717, 1.165) is 48.7 Å². The van der Waals surface area contributed by atoms with Gasteiger partial charge in [0.15, 0.2) is 0 Å². The molecule has 1 unspecified atom stereocenters. The molecule has 9 nitrogen and oxygen atoms in total. The zero-order chi connectivity index (χ0) is 22.1. The van der Waals surface area contributed by atoms with Gasteiger partial charge in [0.05, 0.1) is 17.6 Å². The first-order valence-corrected chi connectivity index (χ1v) is 11.0.